The molecule has 0 aromatic carbocycles. The second-order valence-corrected chi connectivity index (χ2v) is 7.34. The first-order valence-electron chi connectivity index (χ1n) is 4.97. The predicted octanol–water partition coefficient (Wildman–Crippen LogP) is 3.57. The Balaban J connectivity index is 2.75. The van der Waals surface area contributed by atoms with Crippen molar-refractivity contribution in [1.82, 2.24) is 9.78 Å². The Morgan fingerprint density at radius 1 is 1.27 bits per heavy atom. The van der Waals surface area contributed by atoms with E-state index in [0.29, 0.717) is 0 Å². The molecule has 0 aliphatic carbocycles. The topological polar surface area (TPSA) is 17.8 Å². The molecule has 0 N–H and O–H groups in total. The van der Waals surface area contributed by atoms with E-state index in [1.165, 1.54) is 0 Å². The minimum absolute atomic E-state index is 0.0933. The minimum Gasteiger partial charge on any atom is -0.224 e. The van der Waals surface area contributed by atoms with Gasteiger partial charge >= 0.3 is 0 Å². The van der Waals surface area contributed by atoms with E-state index >= 15 is 0 Å². The van der Waals surface area contributed by atoms with Crippen molar-refractivity contribution >= 4 is 28.3 Å². The van der Waals surface area contributed by atoms with Gasteiger partial charge in [0.1, 0.15) is 0 Å². The first kappa shape index (κ1) is 12.7. The molecule has 2 nitrogen and oxygen atoms in total. The van der Waals surface area contributed by atoms with Gasteiger partial charge in [-0.1, -0.05) is 44.8 Å². The highest BCUT2D eigenvalue weighted by atomic mass is 32.2. The van der Waals surface area contributed by atoms with Crippen molar-refractivity contribution in [1.29, 1.82) is 0 Å². The van der Waals surface area contributed by atoms with E-state index in [1.54, 1.807) is 22.6 Å². The third-order valence-electron chi connectivity index (χ3n) is 2.84. The summed E-state index contributed by atoms with van der Waals surface area (Å²) in [4.78, 5) is 0. The molecule has 0 spiro atoms. The van der Waals surface area contributed by atoms with Gasteiger partial charge in [-0.2, -0.15) is 5.10 Å². The highest BCUT2D eigenvalue weighted by Gasteiger charge is 2.34. The van der Waals surface area contributed by atoms with E-state index in [0.717, 1.165) is 4.32 Å². The van der Waals surface area contributed by atoms with Crippen LogP contribution >= 0.6 is 24.0 Å². The Morgan fingerprint density at radius 2 is 1.87 bits per heavy atom. The van der Waals surface area contributed by atoms with Crippen LogP contribution in [0.15, 0.2) is 18.5 Å². The lowest BCUT2D eigenvalue weighted by Gasteiger charge is -2.37. The zero-order valence-electron chi connectivity index (χ0n) is 9.94. The number of thioether (sulfide) groups is 1. The van der Waals surface area contributed by atoms with Crippen molar-refractivity contribution in [3.05, 3.63) is 18.5 Å². The molecule has 0 atom stereocenters. The maximum absolute atomic E-state index is 5.35. The van der Waals surface area contributed by atoms with Gasteiger partial charge in [0.25, 0.3) is 0 Å². The lowest BCUT2D eigenvalue weighted by Crippen LogP contribution is -2.35. The van der Waals surface area contributed by atoms with Crippen LogP contribution in [-0.2, 0) is 0 Å². The van der Waals surface area contributed by atoms with E-state index < -0.39 is 0 Å². The van der Waals surface area contributed by atoms with Crippen LogP contribution in [0.1, 0.15) is 34.6 Å². The zero-order chi connectivity index (χ0) is 11.7. The summed E-state index contributed by atoms with van der Waals surface area (Å²) in [5.74, 6) is 0. The Bertz CT molecular complexity index is 334. The van der Waals surface area contributed by atoms with Gasteiger partial charge < -0.3 is 0 Å². The first-order chi connectivity index (χ1) is 6.74. The molecule has 4 heteroatoms. The second-order valence-electron chi connectivity index (χ2n) is 5.08. The van der Waals surface area contributed by atoms with E-state index in [2.05, 4.69) is 39.7 Å². The van der Waals surface area contributed by atoms with Crippen LogP contribution in [0.3, 0.4) is 0 Å². The standard InChI is InChI=1S/C11H18N2S2/c1-10(2,3)11(4,5)15-9(14)13-8-6-7-12-13/h6-8H,1-5H3. The van der Waals surface area contributed by atoms with Crippen LogP contribution in [0.4, 0.5) is 0 Å². The average molecular weight is 242 g/mol. The van der Waals surface area contributed by atoms with Gasteiger partial charge in [-0.15, -0.1) is 0 Å². The monoisotopic (exact) mass is 242 g/mol. The smallest absolute Gasteiger partial charge is 0.161 e. The molecule has 1 rings (SSSR count). The highest BCUT2D eigenvalue weighted by Crippen LogP contribution is 2.41. The molecular weight excluding hydrogens is 224 g/mol. The van der Waals surface area contributed by atoms with Gasteiger partial charge in [-0.3, -0.25) is 0 Å². The Hall–Kier alpha value is -0.350. The summed E-state index contributed by atoms with van der Waals surface area (Å²) in [7, 11) is 0. The van der Waals surface area contributed by atoms with E-state index in [9.17, 15) is 0 Å². The van der Waals surface area contributed by atoms with Crippen molar-refractivity contribution in [3.8, 4) is 0 Å². The molecule has 0 saturated carbocycles. The predicted molar refractivity (Wildman–Crippen MR) is 71.3 cm³/mol. The summed E-state index contributed by atoms with van der Waals surface area (Å²) in [6.07, 6.45) is 3.63. The third kappa shape index (κ3) is 3.05. The van der Waals surface area contributed by atoms with Crippen molar-refractivity contribution in [3.63, 3.8) is 0 Å². The normalized spacial score (nSPS) is 12.9. The fraction of sp³-hybridized carbons (Fsp3) is 0.636. The van der Waals surface area contributed by atoms with Gasteiger partial charge in [-0.25, -0.2) is 4.68 Å². The minimum atomic E-state index is 0.0933. The first-order valence-corrected chi connectivity index (χ1v) is 6.19. The summed E-state index contributed by atoms with van der Waals surface area (Å²) in [6, 6.07) is 1.89. The number of hydrogen-bond donors (Lipinski definition) is 0. The second kappa shape index (κ2) is 4.26. The Kier molecular flexibility index (Phi) is 3.61. The molecule has 0 aliphatic rings. The molecule has 0 amide bonds. The Labute approximate surface area is 101 Å². The number of thiocarbonyl (C=S) groups is 1. The van der Waals surface area contributed by atoms with Crippen molar-refractivity contribution in [2.24, 2.45) is 5.41 Å². The quantitative estimate of drug-likeness (QED) is 0.701. The summed E-state index contributed by atoms with van der Waals surface area (Å²) >= 11 is 7.05. The number of rotatable bonds is 1. The molecule has 15 heavy (non-hydrogen) atoms. The summed E-state index contributed by atoms with van der Waals surface area (Å²) in [5.41, 5.74) is 0.203. The molecule has 0 aliphatic heterocycles. The molecule has 0 fully saturated rings. The zero-order valence-corrected chi connectivity index (χ0v) is 11.6. The molecule has 0 unspecified atom stereocenters. The number of aromatic nitrogens is 2. The van der Waals surface area contributed by atoms with Crippen LogP contribution in [0.25, 0.3) is 0 Å². The lowest BCUT2D eigenvalue weighted by atomic mass is 9.83. The number of hydrogen-bond acceptors (Lipinski definition) is 3. The maximum Gasteiger partial charge on any atom is 0.161 e. The van der Waals surface area contributed by atoms with Crippen molar-refractivity contribution < 1.29 is 0 Å². The summed E-state index contributed by atoms with van der Waals surface area (Å²) < 4.78 is 2.64. The van der Waals surface area contributed by atoms with Gasteiger partial charge in [0.05, 0.1) is 0 Å². The van der Waals surface area contributed by atoms with Crippen LogP contribution < -0.4 is 0 Å². The lowest BCUT2D eigenvalue weighted by molar-refractivity contribution is 0.321. The van der Waals surface area contributed by atoms with Crippen LogP contribution in [-0.4, -0.2) is 18.8 Å². The van der Waals surface area contributed by atoms with Gasteiger partial charge in [0.15, 0.2) is 4.32 Å². The van der Waals surface area contributed by atoms with E-state index in [1.807, 2.05) is 12.3 Å². The van der Waals surface area contributed by atoms with Gasteiger partial charge in [0, 0.05) is 17.1 Å². The average Bonchev–Trinajstić information content (AvgIpc) is 2.51. The SMILES string of the molecule is CC(C)(C)C(C)(C)SC(=S)n1cccn1. The summed E-state index contributed by atoms with van der Waals surface area (Å²) in [5, 5.41) is 4.14. The highest BCUT2D eigenvalue weighted by molar-refractivity contribution is 8.23. The molecule has 0 bridgehead atoms. The van der Waals surface area contributed by atoms with Crippen molar-refractivity contribution in [2.45, 2.75) is 39.4 Å². The maximum atomic E-state index is 5.35. The van der Waals surface area contributed by atoms with Gasteiger partial charge in [-0.05, 0) is 25.3 Å². The van der Waals surface area contributed by atoms with Crippen LogP contribution in [0, 0.1) is 5.41 Å². The van der Waals surface area contributed by atoms with Crippen LogP contribution in [0.5, 0.6) is 0 Å². The fourth-order valence-corrected chi connectivity index (χ4v) is 2.47. The Morgan fingerprint density at radius 3 is 2.27 bits per heavy atom. The molecule has 1 heterocycles. The molecular formula is C11H18N2S2. The molecule has 1 aromatic rings. The van der Waals surface area contributed by atoms with E-state index in [4.69, 9.17) is 12.2 Å². The fourth-order valence-electron chi connectivity index (χ4n) is 0.795. The summed E-state index contributed by atoms with van der Waals surface area (Å²) in [6.45, 7) is 11.1. The van der Waals surface area contributed by atoms with E-state index in [-0.39, 0.29) is 10.2 Å². The van der Waals surface area contributed by atoms with Crippen LogP contribution in [0.2, 0.25) is 0 Å². The number of nitrogens with zero attached hydrogens (tertiary/aromatic N) is 2. The molecule has 0 radical (unpaired) electrons. The third-order valence-corrected chi connectivity index (χ3v) is 4.76. The largest absolute Gasteiger partial charge is 0.224 e. The molecule has 0 saturated heterocycles. The molecule has 84 valence electrons. The molecule has 1 aromatic heterocycles. The van der Waals surface area contributed by atoms with Crippen molar-refractivity contribution in [2.75, 3.05) is 0 Å². The van der Waals surface area contributed by atoms with Gasteiger partial charge in [0.2, 0.25) is 0 Å².